The zero-order chi connectivity index (χ0) is 14.1. The first-order valence-corrected chi connectivity index (χ1v) is 10.4. The molecule has 1 fully saturated rings. The SMILES string of the molecule is CSCCSCCSC(=O)C1CCC(C(C)=O)CC1.[HH]. The molecule has 1 saturated carbocycles. The minimum Gasteiger partial charge on any atom is -0.300 e. The monoisotopic (exact) mass is 322 g/mol. The van der Waals surface area contributed by atoms with Crippen molar-refractivity contribution in [1.29, 1.82) is 0 Å². The van der Waals surface area contributed by atoms with E-state index in [1.54, 1.807) is 6.92 Å². The lowest BCUT2D eigenvalue weighted by Crippen LogP contribution is -2.23. The summed E-state index contributed by atoms with van der Waals surface area (Å²) in [6.45, 7) is 1.67. The van der Waals surface area contributed by atoms with Crippen LogP contribution in [0.25, 0.3) is 0 Å². The third-order valence-corrected chi connectivity index (χ3v) is 6.68. The predicted octanol–water partition coefficient (Wildman–Crippen LogP) is 3.98. The fourth-order valence-corrected chi connectivity index (χ4v) is 5.12. The summed E-state index contributed by atoms with van der Waals surface area (Å²) in [5, 5.41) is 0.354. The van der Waals surface area contributed by atoms with Crippen LogP contribution in [0.15, 0.2) is 0 Å². The highest BCUT2D eigenvalue weighted by atomic mass is 32.2. The quantitative estimate of drug-likeness (QED) is 0.631. The minimum absolute atomic E-state index is 0. The topological polar surface area (TPSA) is 34.1 Å². The highest BCUT2D eigenvalue weighted by Gasteiger charge is 2.28. The van der Waals surface area contributed by atoms with Gasteiger partial charge in [0.25, 0.3) is 0 Å². The molecule has 0 amide bonds. The van der Waals surface area contributed by atoms with Crippen LogP contribution in [-0.2, 0) is 9.59 Å². The Labute approximate surface area is 131 Å². The van der Waals surface area contributed by atoms with Crippen molar-refractivity contribution in [1.82, 2.24) is 0 Å². The average Bonchev–Trinajstić information content (AvgIpc) is 2.42. The maximum absolute atomic E-state index is 12.0. The number of thioether (sulfide) groups is 3. The second kappa shape index (κ2) is 10.2. The van der Waals surface area contributed by atoms with E-state index < -0.39 is 0 Å². The molecule has 0 aromatic rings. The summed E-state index contributed by atoms with van der Waals surface area (Å²) in [6, 6.07) is 0. The van der Waals surface area contributed by atoms with Crippen molar-refractivity contribution in [2.75, 3.05) is 29.3 Å². The first kappa shape index (κ1) is 17.4. The fraction of sp³-hybridized carbons (Fsp3) is 0.857. The molecule has 0 bridgehead atoms. The Balaban J connectivity index is 0.00000361. The van der Waals surface area contributed by atoms with Gasteiger partial charge in [0, 0.05) is 36.3 Å². The van der Waals surface area contributed by atoms with Crippen LogP contribution in [0.2, 0.25) is 0 Å². The number of Topliss-reactive ketones (excluding diaryl/α,β-unsaturated/α-hetero) is 1. The normalized spacial score (nSPS) is 23.3. The number of hydrogen-bond donors (Lipinski definition) is 0. The smallest absolute Gasteiger partial charge is 0.192 e. The van der Waals surface area contributed by atoms with E-state index in [1.165, 1.54) is 23.3 Å². The van der Waals surface area contributed by atoms with E-state index in [4.69, 9.17) is 0 Å². The molecule has 19 heavy (non-hydrogen) atoms. The van der Waals surface area contributed by atoms with Crippen molar-refractivity contribution in [3.8, 4) is 0 Å². The van der Waals surface area contributed by atoms with Crippen LogP contribution in [0.5, 0.6) is 0 Å². The number of ketones is 1. The van der Waals surface area contributed by atoms with Crippen molar-refractivity contribution >= 4 is 46.2 Å². The van der Waals surface area contributed by atoms with Gasteiger partial charge in [-0.2, -0.15) is 23.5 Å². The number of rotatable bonds is 8. The van der Waals surface area contributed by atoms with Crippen molar-refractivity contribution < 1.29 is 11.0 Å². The van der Waals surface area contributed by atoms with E-state index in [1.807, 2.05) is 23.5 Å². The molecular weight excluding hydrogens is 296 g/mol. The molecule has 0 aromatic carbocycles. The highest BCUT2D eigenvalue weighted by molar-refractivity contribution is 8.14. The zero-order valence-electron chi connectivity index (χ0n) is 11.9. The van der Waals surface area contributed by atoms with Crippen molar-refractivity contribution in [3.63, 3.8) is 0 Å². The minimum atomic E-state index is 0. The Morgan fingerprint density at radius 2 is 1.58 bits per heavy atom. The maximum Gasteiger partial charge on any atom is 0.192 e. The molecule has 0 aromatic heterocycles. The third-order valence-electron chi connectivity index (χ3n) is 3.54. The predicted molar refractivity (Wildman–Crippen MR) is 91.4 cm³/mol. The van der Waals surface area contributed by atoms with Crippen molar-refractivity contribution in [2.45, 2.75) is 32.6 Å². The van der Waals surface area contributed by atoms with Crippen LogP contribution >= 0.6 is 35.3 Å². The van der Waals surface area contributed by atoms with Gasteiger partial charge in [-0.3, -0.25) is 9.59 Å². The van der Waals surface area contributed by atoms with Crippen molar-refractivity contribution in [3.05, 3.63) is 0 Å². The molecule has 0 heterocycles. The number of carbonyl (C=O) groups is 2. The lowest BCUT2D eigenvalue weighted by molar-refractivity contribution is -0.123. The first-order valence-electron chi connectivity index (χ1n) is 6.89. The number of carbonyl (C=O) groups excluding carboxylic acids is 2. The van der Waals surface area contributed by atoms with Crippen LogP contribution in [0.1, 0.15) is 34.0 Å². The molecule has 0 N–H and O–H groups in total. The number of hydrogen-bond acceptors (Lipinski definition) is 5. The average molecular weight is 323 g/mol. The Hall–Kier alpha value is 0.390. The molecular formula is C14H26O2S3. The van der Waals surface area contributed by atoms with E-state index in [9.17, 15) is 9.59 Å². The summed E-state index contributed by atoms with van der Waals surface area (Å²) in [4.78, 5) is 23.3. The summed E-state index contributed by atoms with van der Waals surface area (Å²) < 4.78 is 0. The van der Waals surface area contributed by atoms with Gasteiger partial charge in [-0.05, 0) is 38.9 Å². The zero-order valence-corrected chi connectivity index (χ0v) is 14.3. The van der Waals surface area contributed by atoms with Crippen LogP contribution in [0.4, 0.5) is 0 Å². The molecule has 1 aliphatic carbocycles. The Morgan fingerprint density at radius 1 is 1.00 bits per heavy atom. The van der Waals surface area contributed by atoms with Crippen LogP contribution in [-0.4, -0.2) is 40.2 Å². The van der Waals surface area contributed by atoms with Crippen LogP contribution in [0, 0.1) is 11.8 Å². The van der Waals surface area contributed by atoms with Crippen LogP contribution < -0.4 is 0 Å². The maximum atomic E-state index is 12.0. The standard InChI is InChI=1S/C14H24O2S3.H2/c1-11(15)12-3-5-13(6-4-12)14(16)19-10-9-18-8-7-17-2;/h12-13H,3-10H2,1-2H3;1H. The van der Waals surface area contributed by atoms with Gasteiger partial charge in [0.1, 0.15) is 5.78 Å². The second-order valence-electron chi connectivity index (χ2n) is 4.93. The molecule has 0 radical (unpaired) electrons. The first-order chi connectivity index (χ1) is 9.15. The molecule has 2 nitrogen and oxygen atoms in total. The van der Waals surface area contributed by atoms with E-state index >= 15 is 0 Å². The molecule has 0 saturated heterocycles. The van der Waals surface area contributed by atoms with Gasteiger partial charge in [-0.15, -0.1) is 0 Å². The summed E-state index contributed by atoms with van der Waals surface area (Å²) in [6.07, 6.45) is 5.77. The largest absolute Gasteiger partial charge is 0.300 e. The molecule has 0 unspecified atom stereocenters. The summed E-state index contributed by atoms with van der Waals surface area (Å²) in [5.74, 6) is 5.10. The summed E-state index contributed by atoms with van der Waals surface area (Å²) >= 11 is 5.30. The highest BCUT2D eigenvalue weighted by Crippen LogP contribution is 2.32. The van der Waals surface area contributed by atoms with Gasteiger partial charge in [0.2, 0.25) is 0 Å². The van der Waals surface area contributed by atoms with Crippen molar-refractivity contribution in [2.24, 2.45) is 11.8 Å². The van der Waals surface area contributed by atoms with Gasteiger partial charge in [0.15, 0.2) is 5.12 Å². The fourth-order valence-electron chi connectivity index (χ4n) is 2.30. The van der Waals surface area contributed by atoms with Gasteiger partial charge in [0.05, 0.1) is 0 Å². The summed E-state index contributed by atoms with van der Waals surface area (Å²) in [5.41, 5.74) is 0. The molecule has 0 aliphatic heterocycles. The van der Waals surface area contributed by atoms with Gasteiger partial charge in [-0.25, -0.2) is 0 Å². The van der Waals surface area contributed by atoms with E-state index in [0.717, 1.165) is 37.2 Å². The Morgan fingerprint density at radius 3 is 2.16 bits per heavy atom. The van der Waals surface area contributed by atoms with Gasteiger partial charge in [-0.1, -0.05) is 11.8 Å². The molecule has 5 heteroatoms. The molecule has 0 spiro atoms. The molecule has 1 aliphatic rings. The van der Waals surface area contributed by atoms with Crippen LogP contribution in [0.3, 0.4) is 0 Å². The lowest BCUT2D eigenvalue weighted by atomic mass is 9.81. The lowest BCUT2D eigenvalue weighted by Gasteiger charge is -2.25. The van der Waals surface area contributed by atoms with E-state index in [-0.39, 0.29) is 13.3 Å². The van der Waals surface area contributed by atoms with E-state index in [2.05, 4.69) is 6.26 Å². The molecule has 1 rings (SSSR count). The molecule has 112 valence electrons. The molecule has 0 atom stereocenters. The Kier molecular flexibility index (Phi) is 9.33. The van der Waals surface area contributed by atoms with Gasteiger partial charge < -0.3 is 0 Å². The third kappa shape index (κ3) is 7.09. The van der Waals surface area contributed by atoms with Gasteiger partial charge >= 0.3 is 0 Å². The second-order valence-corrected chi connectivity index (χ2v) is 8.24. The van der Waals surface area contributed by atoms with E-state index in [0.29, 0.717) is 10.9 Å². The summed E-state index contributed by atoms with van der Waals surface area (Å²) in [7, 11) is 0. The Bertz CT molecular complexity index is 292.